The van der Waals surface area contributed by atoms with E-state index >= 15 is 0 Å². The van der Waals surface area contributed by atoms with Gasteiger partial charge in [0, 0.05) is 0 Å². The second-order valence-electron chi connectivity index (χ2n) is 3.78. The summed E-state index contributed by atoms with van der Waals surface area (Å²) in [6.45, 7) is 0. The maximum Gasteiger partial charge on any atom is 0.198 e. The molecule has 3 nitrogen and oxygen atoms in total. The summed E-state index contributed by atoms with van der Waals surface area (Å²) >= 11 is 0. The molecule has 90 valence electrons. The van der Waals surface area contributed by atoms with Crippen LogP contribution in [0.4, 0.5) is 0 Å². The first kappa shape index (κ1) is 12.3. The zero-order chi connectivity index (χ0) is 13.0. The maximum atomic E-state index is 12.3. The van der Waals surface area contributed by atoms with Crippen molar-refractivity contribution in [2.45, 2.75) is 10.1 Å². The third-order valence-electron chi connectivity index (χ3n) is 2.60. The normalized spacial score (nSPS) is 12.6. The summed E-state index contributed by atoms with van der Waals surface area (Å²) in [5.41, 5.74) is 0.490. The fourth-order valence-corrected chi connectivity index (χ4v) is 3.16. The molecule has 0 bridgehead atoms. The Bertz CT molecular complexity index is 658. The Balaban J connectivity index is 2.50. The molecule has 0 aliphatic rings. The molecular weight excluding hydrogens is 246 g/mol. The van der Waals surface area contributed by atoms with Crippen LogP contribution in [0.5, 0.6) is 0 Å². The first-order valence-electron chi connectivity index (χ1n) is 5.40. The predicted octanol–water partition coefficient (Wildman–Crippen LogP) is 2.73. The quantitative estimate of drug-likeness (QED) is 0.849. The lowest BCUT2D eigenvalue weighted by Gasteiger charge is -2.10. The van der Waals surface area contributed by atoms with Crippen molar-refractivity contribution < 1.29 is 8.42 Å². The number of hydrogen-bond acceptors (Lipinski definition) is 3. The standard InChI is InChI=1S/C14H11NO2S/c15-11-14(12-7-3-1-4-8-12)18(16,17)13-9-5-2-6-10-13/h1-10,14H/t14-/m0/s1. The second-order valence-corrected chi connectivity index (χ2v) is 5.81. The van der Waals surface area contributed by atoms with Crippen molar-refractivity contribution in [2.75, 3.05) is 0 Å². The number of nitriles is 1. The number of hydrogen-bond donors (Lipinski definition) is 0. The minimum atomic E-state index is -3.67. The van der Waals surface area contributed by atoms with Crippen molar-refractivity contribution in [1.82, 2.24) is 0 Å². The smallest absolute Gasteiger partial charge is 0.198 e. The summed E-state index contributed by atoms with van der Waals surface area (Å²) < 4.78 is 24.7. The molecule has 0 saturated carbocycles. The number of sulfone groups is 1. The average molecular weight is 257 g/mol. The Labute approximate surface area is 106 Å². The fourth-order valence-electron chi connectivity index (χ4n) is 1.70. The van der Waals surface area contributed by atoms with Crippen LogP contribution in [0.15, 0.2) is 65.6 Å². The van der Waals surface area contributed by atoms with Crippen LogP contribution in [0.25, 0.3) is 0 Å². The van der Waals surface area contributed by atoms with Crippen molar-refractivity contribution in [2.24, 2.45) is 0 Å². The van der Waals surface area contributed by atoms with Gasteiger partial charge in [-0.25, -0.2) is 8.42 Å². The molecule has 0 radical (unpaired) electrons. The maximum absolute atomic E-state index is 12.3. The Morgan fingerprint density at radius 3 is 1.89 bits per heavy atom. The minimum Gasteiger partial charge on any atom is -0.222 e. The summed E-state index contributed by atoms with van der Waals surface area (Å²) in [6.07, 6.45) is 0. The van der Waals surface area contributed by atoms with Gasteiger partial charge in [-0.2, -0.15) is 5.26 Å². The van der Waals surface area contributed by atoms with E-state index in [0.29, 0.717) is 5.56 Å². The summed E-state index contributed by atoms with van der Waals surface area (Å²) in [5.74, 6) is 0. The summed E-state index contributed by atoms with van der Waals surface area (Å²) in [6, 6.07) is 18.4. The number of rotatable bonds is 3. The van der Waals surface area contributed by atoms with Crippen LogP contribution in [0.2, 0.25) is 0 Å². The van der Waals surface area contributed by atoms with E-state index in [1.807, 2.05) is 6.07 Å². The van der Waals surface area contributed by atoms with Crippen molar-refractivity contribution in [3.8, 4) is 6.07 Å². The predicted molar refractivity (Wildman–Crippen MR) is 68.4 cm³/mol. The fraction of sp³-hybridized carbons (Fsp3) is 0.0714. The molecule has 0 N–H and O–H groups in total. The number of nitrogens with zero attached hydrogens (tertiary/aromatic N) is 1. The molecule has 4 heteroatoms. The molecule has 0 unspecified atom stereocenters. The molecule has 0 aliphatic carbocycles. The molecule has 0 amide bonds. The molecule has 0 aliphatic heterocycles. The van der Waals surface area contributed by atoms with Gasteiger partial charge in [0.25, 0.3) is 0 Å². The Hall–Kier alpha value is -2.12. The molecule has 0 saturated heterocycles. The van der Waals surface area contributed by atoms with E-state index in [4.69, 9.17) is 5.26 Å². The molecule has 2 aromatic carbocycles. The molecule has 0 heterocycles. The van der Waals surface area contributed by atoms with Crippen LogP contribution in [0.1, 0.15) is 10.8 Å². The summed E-state index contributed by atoms with van der Waals surface area (Å²) in [4.78, 5) is 0.167. The highest BCUT2D eigenvalue weighted by Crippen LogP contribution is 2.27. The third kappa shape index (κ3) is 2.27. The van der Waals surface area contributed by atoms with E-state index in [2.05, 4.69) is 0 Å². The lowest BCUT2D eigenvalue weighted by Crippen LogP contribution is -2.12. The molecule has 2 rings (SSSR count). The van der Waals surface area contributed by atoms with E-state index in [1.165, 1.54) is 12.1 Å². The van der Waals surface area contributed by atoms with E-state index in [1.54, 1.807) is 48.5 Å². The van der Waals surface area contributed by atoms with Crippen molar-refractivity contribution in [3.63, 3.8) is 0 Å². The van der Waals surface area contributed by atoms with E-state index in [9.17, 15) is 8.42 Å². The average Bonchev–Trinajstić information content (AvgIpc) is 2.41. The molecular formula is C14H11NO2S. The molecule has 0 aromatic heterocycles. The monoisotopic (exact) mass is 257 g/mol. The zero-order valence-corrected chi connectivity index (χ0v) is 10.3. The molecule has 0 spiro atoms. The zero-order valence-electron chi connectivity index (χ0n) is 9.52. The van der Waals surface area contributed by atoms with E-state index in [-0.39, 0.29) is 4.90 Å². The van der Waals surface area contributed by atoms with Gasteiger partial charge < -0.3 is 0 Å². The van der Waals surface area contributed by atoms with Crippen LogP contribution in [0, 0.1) is 11.3 Å². The highest BCUT2D eigenvalue weighted by atomic mass is 32.2. The lowest BCUT2D eigenvalue weighted by atomic mass is 10.2. The van der Waals surface area contributed by atoms with Gasteiger partial charge in [-0.3, -0.25) is 0 Å². The summed E-state index contributed by atoms with van der Waals surface area (Å²) in [5, 5.41) is 7.98. The number of benzene rings is 2. The van der Waals surface area contributed by atoms with Gasteiger partial charge in [-0.05, 0) is 17.7 Å². The largest absolute Gasteiger partial charge is 0.222 e. The SMILES string of the molecule is N#C[C@@H](c1ccccc1)S(=O)(=O)c1ccccc1. The van der Waals surface area contributed by atoms with Crippen molar-refractivity contribution in [1.29, 1.82) is 5.26 Å². The minimum absolute atomic E-state index is 0.167. The second kappa shape index (κ2) is 5.03. The van der Waals surface area contributed by atoms with Crippen LogP contribution >= 0.6 is 0 Å². The Morgan fingerprint density at radius 2 is 1.39 bits per heavy atom. The molecule has 2 aromatic rings. The Morgan fingerprint density at radius 1 is 0.889 bits per heavy atom. The van der Waals surface area contributed by atoms with Crippen LogP contribution in [-0.4, -0.2) is 8.42 Å². The van der Waals surface area contributed by atoms with Gasteiger partial charge >= 0.3 is 0 Å². The molecule has 1 atom stereocenters. The topological polar surface area (TPSA) is 57.9 Å². The highest BCUT2D eigenvalue weighted by Gasteiger charge is 2.28. The molecule has 18 heavy (non-hydrogen) atoms. The van der Waals surface area contributed by atoms with Gasteiger partial charge in [0.2, 0.25) is 0 Å². The van der Waals surface area contributed by atoms with Gasteiger partial charge in [0.1, 0.15) is 0 Å². The third-order valence-corrected chi connectivity index (χ3v) is 4.53. The van der Waals surface area contributed by atoms with Crippen molar-refractivity contribution in [3.05, 3.63) is 66.2 Å². The van der Waals surface area contributed by atoms with Gasteiger partial charge in [-0.1, -0.05) is 48.5 Å². The lowest BCUT2D eigenvalue weighted by molar-refractivity contribution is 0.591. The van der Waals surface area contributed by atoms with Crippen LogP contribution in [0.3, 0.4) is 0 Å². The Kier molecular flexibility index (Phi) is 3.45. The highest BCUT2D eigenvalue weighted by molar-refractivity contribution is 7.92. The van der Waals surface area contributed by atoms with Crippen molar-refractivity contribution >= 4 is 9.84 Å². The summed E-state index contributed by atoms with van der Waals surface area (Å²) in [7, 11) is -3.67. The van der Waals surface area contributed by atoms with Crippen LogP contribution in [-0.2, 0) is 9.84 Å². The van der Waals surface area contributed by atoms with Crippen LogP contribution < -0.4 is 0 Å². The van der Waals surface area contributed by atoms with Gasteiger partial charge in [-0.15, -0.1) is 0 Å². The van der Waals surface area contributed by atoms with Gasteiger partial charge in [0.05, 0.1) is 11.0 Å². The van der Waals surface area contributed by atoms with E-state index < -0.39 is 15.1 Å². The first-order chi connectivity index (χ1) is 8.66. The first-order valence-corrected chi connectivity index (χ1v) is 6.94. The van der Waals surface area contributed by atoms with E-state index in [0.717, 1.165) is 0 Å². The van der Waals surface area contributed by atoms with Gasteiger partial charge in [0.15, 0.2) is 15.1 Å². The molecule has 0 fully saturated rings.